The molecule has 0 aromatic heterocycles. The summed E-state index contributed by atoms with van der Waals surface area (Å²) >= 11 is 0. The number of rotatable bonds is 3. The highest BCUT2D eigenvalue weighted by Gasteiger charge is 2.30. The summed E-state index contributed by atoms with van der Waals surface area (Å²) in [5, 5.41) is 0. The number of sulfonamides is 1. The van der Waals surface area contributed by atoms with Gasteiger partial charge in [-0.3, -0.25) is 0 Å². The Balaban J connectivity index is 2.36. The molecule has 2 rings (SSSR count). The van der Waals surface area contributed by atoms with Gasteiger partial charge in [-0.25, -0.2) is 8.42 Å². The van der Waals surface area contributed by atoms with Gasteiger partial charge in [-0.05, 0) is 49.9 Å². The van der Waals surface area contributed by atoms with Crippen molar-refractivity contribution in [3.63, 3.8) is 0 Å². The number of hydrogen-bond donors (Lipinski definition) is 1. The maximum atomic E-state index is 12.8. The van der Waals surface area contributed by atoms with Crippen molar-refractivity contribution in [3.8, 4) is 0 Å². The van der Waals surface area contributed by atoms with Gasteiger partial charge in [0.1, 0.15) is 4.90 Å². The van der Waals surface area contributed by atoms with Crippen LogP contribution < -0.4 is 5.73 Å². The Morgan fingerprint density at radius 2 is 1.65 bits per heavy atom. The third-order valence-corrected chi connectivity index (χ3v) is 6.34. The predicted molar refractivity (Wildman–Crippen MR) is 82.2 cm³/mol. The molecule has 4 nitrogen and oxygen atoms in total. The fourth-order valence-electron chi connectivity index (χ4n) is 2.83. The summed E-state index contributed by atoms with van der Waals surface area (Å²) in [6.07, 6.45) is 5.30. The quantitative estimate of drug-likeness (QED) is 0.872. The summed E-state index contributed by atoms with van der Waals surface area (Å²) in [4.78, 5) is 0.244. The highest BCUT2D eigenvalue weighted by atomic mass is 32.2. The first-order valence-electron chi connectivity index (χ1n) is 7.19. The van der Waals surface area contributed by atoms with E-state index in [-0.39, 0.29) is 10.9 Å². The number of hydrogen-bond acceptors (Lipinski definition) is 3. The second-order valence-corrected chi connectivity index (χ2v) is 7.75. The summed E-state index contributed by atoms with van der Waals surface area (Å²) < 4.78 is 27.0. The third kappa shape index (κ3) is 2.83. The fourth-order valence-corrected chi connectivity index (χ4v) is 4.43. The molecule has 2 N–H and O–H groups in total. The lowest BCUT2D eigenvalue weighted by Crippen LogP contribution is -2.38. The normalized spacial score (nSPS) is 17.6. The molecular weight excluding hydrogens is 272 g/mol. The zero-order chi connectivity index (χ0) is 14.9. The molecule has 112 valence electrons. The third-order valence-electron chi connectivity index (χ3n) is 4.37. The Bertz CT molecular complexity index is 590. The maximum absolute atomic E-state index is 12.8. The predicted octanol–water partition coefficient (Wildman–Crippen LogP) is 2.84. The summed E-state index contributed by atoms with van der Waals surface area (Å²) in [7, 11) is -1.82. The van der Waals surface area contributed by atoms with Gasteiger partial charge >= 0.3 is 0 Å². The minimum absolute atomic E-state index is 0.106. The van der Waals surface area contributed by atoms with Crippen molar-refractivity contribution in [1.29, 1.82) is 0 Å². The van der Waals surface area contributed by atoms with Crippen molar-refractivity contribution in [2.24, 2.45) is 0 Å². The maximum Gasteiger partial charge on any atom is 0.245 e. The average molecular weight is 296 g/mol. The number of anilines is 1. The summed E-state index contributed by atoms with van der Waals surface area (Å²) in [6, 6.07) is 3.55. The molecule has 0 bridgehead atoms. The second-order valence-electron chi connectivity index (χ2n) is 5.79. The molecule has 1 fully saturated rings. The Kier molecular flexibility index (Phi) is 4.39. The van der Waals surface area contributed by atoms with Crippen LogP contribution in [-0.4, -0.2) is 25.8 Å². The van der Waals surface area contributed by atoms with Gasteiger partial charge in [-0.1, -0.05) is 19.3 Å². The first-order valence-corrected chi connectivity index (χ1v) is 8.63. The molecule has 0 heterocycles. The number of benzene rings is 1. The van der Waals surface area contributed by atoms with Crippen molar-refractivity contribution in [1.82, 2.24) is 4.31 Å². The van der Waals surface area contributed by atoms with Crippen LogP contribution in [0, 0.1) is 13.8 Å². The van der Waals surface area contributed by atoms with Crippen molar-refractivity contribution < 1.29 is 8.42 Å². The Morgan fingerprint density at radius 3 is 2.25 bits per heavy atom. The molecule has 1 saturated carbocycles. The van der Waals surface area contributed by atoms with E-state index in [0.29, 0.717) is 5.69 Å². The van der Waals surface area contributed by atoms with Crippen LogP contribution in [0.3, 0.4) is 0 Å². The Labute approximate surface area is 122 Å². The number of nitrogens with zero attached hydrogens (tertiary/aromatic N) is 1. The van der Waals surface area contributed by atoms with E-state index in [4.69, 9.17) is 5.73 Å². The molecule has 0 spiro atoms. The van der Waals surface area contributed by atoms with E-state index in [1.165, 1.54) is 10.7 Å². The molecule has 0 aliphatic heterocycles. The molecule has 1 aromatic carbocycles. The van der Waals surface area contributed by atoms with E-state index in [2.05, 4.69) is 0 Å². The zero-order valence-electron chi connectivity index (χ0n) is 12.5. The summed E-state index contributed by atoms with van der Waals surface area (Å²) in [5.74, 6) is 0. The van der Waals surface area contributed by atoms with Gasteiger partial charge < -0.3 is 5.73 Å². The first kappa shape index (κ1) is 15.3. The van der Waals surface area contributed by atoms with E-state index in [1.54, 1.807) is 19.2 Å². The average Bonchev–Trinajstić information content (AvgIpc) is 2.42. The van der Waals surface area contributed by atoms with Crippen molar-refractivity contribution >= 4 is 15.7 Å². The van der Waals surface area contributed by atoms with E-state index in [0.717, 1.165) is 36.8 Å². The minimum Gasteiger partial charge on any atom is -0.398 e. The van der Waals surface area contributed by atoms with Gasteiger partial charge in [-0.2, -0.15) is 4.31 Å². The lowest BCUT2D eigenvalue weighted by Gasteiger charge is -2.30. The van der Waals surface area contributed by atoms with Gasteiger partial charge in [0, 0.05) is 13.1 Å². The molecular formula is C15H24N2O2S. The van der Waals surface area contributed by atoms with Crippen molar-refractivity contribution in [3.05, 3.63) is 23.3 Å². The molecule has 1 aromatic rings. The number of aryl methyl sites for hydroxylation is 2. The zero-order valence-corrected chi connectivity index (χ0v) is 13.3. The van der Waals surface area contributed by atoms with E-state index < -0.39 is 10.0 Å². The molecule has 1 aliphatic rings. The molecule has 0 saturated heterocycles. The molecule has 0 amide bonds. The van der Waals surface area contributed by atoms with Crippen LogP contribution >= 0.6 is 0 Å². The van der Waals surface area contributed by atoms with E-state index >= 15 is 0 Å². The highest BCUT2D eigenvalue weighted by molar-refractivity contribution is 7.89. The van der Waals surface area contributed by atoms with Crippen LogP contribution in [0.25, 0.3) is 0 Å². The number of nitrogens with two attached hydrogens (primary N) is 1. The van der Waals surface area contributed by atoms with Gasteiger partial charge in [0.25, 0.3) is 0 Å². The SMILES string of the molecule is Cc1cc(N)c(S(=O)(=O)N(C)C2CCCCC2)cc1C. The molecule has 0 atom stereocenters. The largest absolute Gasteiger partial charge is 0.398 e. The smallest absolute Gasteiger partial charge is 0.245 e. The molecule has 20 heavy (non-hydrogen) atoms. The fraction of sp³-hybridized carbons (Fsp3) is 0.600. The van der Waals surface area contributed by atoms with E-state index in [9.17, 15) is 8.42 Å². The van der Waals surface area contributed by atoms with Crippen LogP contribution in [0.15, 0.2) is 17.0 Å². The van der Waals surface area contributed by atoms with Crippen LogP contribution in [0.5, 0.6) is 0 Å². The number of nitrogen functional groups attached to an aromatic ring is 1. The summed E-state index contributed by atoms with van der Waals surface area (Å²) in [5.41, 5.74) is 8.25. The van der Waals surface area contributed by atoms with Gasteiger partial charge in [0.2, 0.25) is 10.0 Å². The van der Waals surface area contributed by atoms with Gasteiger partial charge in [0.05, 0.1) is 5.69 Å². The van der Waals surface area contributed by atoms with Crippen LogP contribution in [0.1, 0.15) is 43.2 Å². The lowest BCUT2D eigenvalue weighted by molar-refractivity contribution is 0.286. The lowest BCUT2D eigenvalue weighted by atomic mass is 9.96. The molecule has 0 unspecified atom stereocenters. The highest BCUT2D eigenvalue weighted by Crippen LogP contribution is 2.30. The van der Waals surface area contributed by atoms with Crippen LogP contribution in [-0.2, 0) is 10.0 Å². The van der Waals surface area contributed by atoms with Crippen molar-refractivity contribution in [2.45, 2.75) is 56.9 Å². The monoisotopic (exact) mass is 296 g/mol. The van der Waals surface area contributed by atoms with Gasteiger partial charge in [-0.15, -0.1) is 0 Å². The minimum atomic E-state index is -3.50. The topological polar surface area (TPSA) is 63.4 Å². The van der Waals surface area contributed by atoms with Crippen LogP contribution in [0.4, 0.5) is 5.69 Å². The second kappa shape index (κ2) is 5.74. The van der Waals surface area contributed by atoms with E-state index in [1.807, 2.05) is 13.8 Å². The first-order chi connectivity index (χ1) is 9.34. The van der Waals surface area contributed by atoms with Gasteiger partial charge in [0.15, 0.2) is 0 Å². The Morgan fingerprint density at radius 1 is 1.10 bits per heavy atom. The van der Waals surface area contributed by atoms with Crippen molar-refractivity contribution in [2.75, 3.05) is 12.8 Å². The standard InChI is InChI=1S/C15H24N2O2S/c1-11-9-14(16)15(10-12(11)2)20(18,19)17(3)13-7-5-4-6-8-13/h9-10,13H,4-8,16H2,1-3H3. The molecule has 0 radical (unpaired) electrons. The summed E-state index contributed by atoms with van der Waals surface area (Å²) in [6.45, 7) is 3.85. The molecule has 5 heteroatoms. The molecule has 1 aliphatic carbocycles. The van der Waals surface area contributed by atoms with Crippen LogP contribution in [0.2, 0.25) is 0 Å². The Hall–Kier alpha value is -1.07.